The van der Waals surface area contributed by atoms with Crippen LogP contribution in [0.15, 0.2) is 0 Å². The number of hydrogen-bond acceptors (Lipinski definition) is 2. The van der Waals surface area contributed by atoms with Crippen LogP contribution < -0.4 is 5.11 Å². The molecule has 0 saturated carbocycles. The highest BCUT2D eigenvalue weighted by atomic mass is 19.2. The van der Waals surface area contributed by atoms with Crippen molar-refractivity contribution in [1.29, 1.82) is 0 Å². The van der Waals surface area contributed by atoms with Crippen molar-refractivity contribution in [3.8, 4) is 5.75 Å². The van der Waals surface area contributed by atoms with Gasteiger partial charge in [0, 0.05) is 0 Å². The summed E-state index contributed by atoms with van der Waals surface area (Å²) in [6, 6.07) is 0. The first-order valence-electron chi connectivity index (χ1n) is 3.14. The van der Waals surface area contributed by atoms with E-state index in [1.54, 1.807) is 0 Å². The van der Waals surface area contributed by atoms with Crippen LogP contribution in [0.3, 0.4) is 0 Å². The molecule has 1 N–H and O–H groups in total. The Bertz CT molecular complexity index is 387. The second kappa shape index (κ2) is 3.17. The lowest BCUT2D eigenvalue weighted by atomic mass is 10.1. The summed E-state index contributed by atoms with van der Waals surface area (Å²) < 4.78 is 50.1. The third-order valence-corrected chi connectivity index (χ3v) is 1.44. The summed E-state index contributed by atoms with van der Waals surface area (Å²) in [6.07, 6.45) is 0. The van der Waals surface area contributed by atoms with E-state index >= 15 is 0 Å². The van der Waals surface area contributed by atoms with Crippen LogP contribution in [0.2, 0.25) is 0 Å². The largest absolute Gasteiger partial charge is 0.868 e. The zero-order chi connectivity index (χ0) is 11.0. The molecular weight excluding hydrogens is 208 g/mol. The van der Waals surface area contributed by atoms with Crippen LogP contribution in [0.1, 0.15) is 10.4 Å². The highest BCUT2D eigenvalue weighted by Crippen LogP contribution is 2.26. The van der Waals surface area contributed by atoms with Crippen molar-refractivity contribution in [2.45, 2.75) is 0 Å². The normalized spacial score (nSPS) is 10.3. The van der Waals surface area contributed by atoms with E-state index in [0.717, 1.165) is 0 Å². The zero-order valence-electron chi connectivity index (χ0n) is 6.28. The fraction of sp³-hybridized carbons (Fsp3) is 0. The number of aromatic carboxylic acids is 1. The van der Waals surface area contributed by atoms with Crippen molar-refractivity contribution in [3.63, 3.8) is 0 Å². The van der Waals surface area contributed by atoms with E-state index in [-0.39, 0.29) is 0 Å². The molecule has 0 aromatic heterocycles. The monoisotopic (exact) mass is 209 g/mol. The minimum absolute atomic E-state index is 1.82. The van der Waals surface area contributed by atoms with Crippen molar-refractivity contribution >= 4 is 5.97 Å². The van der Waals surface area contributed by atoms with E-state index in [1.165, 1.54) is 0 Å². The van der Waals surface area contributed by atoms with E-state index in [9.17, 15) is 27.5 Å². The van der Waals surface area contributed by atoms with E-state index in [1.807, 2.05) is 0 Å². The summed E-state index contributed by atoms with van der Waals surface area (Å²) in [5, 5.41) is 18.5. The molecule has 0 aliphatic rings. The van der Waals surface area contributed by atoms with Crippen LogP contribution in [0.25, 0.3) is 0 Å². The summed E-state index contributed by atoms with van der Waals surface area (Å²) >= 11 is 0. The van der Waals surface area contributed by atoms with Gasteiger partial charge in [-0.3, -0.25) is 0 Å². The Morgan fingerprint density at radius 2 is 1.36 bits per heavy atom. The Balaban J connectivity index is 3.68. The van der Waals surface area contributed by atoms with Crippen LogP contribution >= 0.6 is 0 Å². The van der Waals surface area contributed by atoms with E-state index in [4.69, 9.17) is 5.11 Å². The number of hydrogen-bond donors (Lipinski definition) is 1. The maximum absolute atomic E-state index is 12.6. The Labute approximate surface area is 74.2 Å². The maximum atomic E-state index is 12.6. The molecule has 1 aromatic rings. The smallest absolute Gasteiger partial charge is 0.341 e. The molecule has 7 heteroatoms. The van der Waals surface area contributed by atoms with Crippen molar-refractivity contribution in [1.82, 2.24) is 0 Å². The first-order valence-corrected chi connectivity index (χ1v) is 3.14. The molecule has 3 nitrogen and oxygen atoms in total. The first-order chi connectivity index (χ1) is 6.37. The van der Waals surface area contributed by atoms with Gasteiger partial charge in [0.15, 0.2) is 23.3 Å². The van der Waals surface area contributed by atoms with Crippen molar-refractivity contribution < 1.29 is 32.6 Å². The minimum Gasteiger partial charge on any atom is -0.868 e. The van der Waals surface area contributed by atoms with Gasteiger partial charge in [0.05, 0.1) is 0 Å². The van der Waals surface area contributed by atoms with Gasteiger partial charge in [-0.1, -0.05) is 0 Å². The van der Waals surface area contributed by atoms with Crippen LogP contribution in [-0.2, 0) is 0 Å². The van der Waals surface area contributed by atoms with Gasteiger partial charge in [-0.05, 0) is 5.75 Å². The molecule has 0 saturated heterocycles. The highest BCUT2D eigenvalue weighted by molar-refractivity contribution is 5.88. The highest BCUT2D eigenvalue weighted by Gasteiger charge is 2.25. The maximum Gasteiger partial charge on any atom is 0.341 e. The zero-order valence-corrected chi connectivity index (χ0v) is 6.28. The Morgan fingerprint density at radius 1 is 1.00 bits per heavy atom. The van der Waals surface area contributed by atoms with Crippen molar-refractivity contribution in [2.24, 2.45) is 0 Å². The summed E-state index contributed by atoms with van der Waals surface area (Å²) in [7, 11) is 0. The lowest BCUT2D eigenvalue weighted by Crippen LogP contribution is -2.13. The molecule has 0 aliphatic carbocycles. The van der Waals surface area contributed by atoms with Gasteiger partial charge in [-0.25, -0.2) is 22.4 Å². The Kier molecular flexibility index (Phi) is 2.33. The second-order valence-corrected chi connectivity index (χ2v) is 2.27. The van der Waals surface area contributed by atoms with Crippen LogP contribution in [0.4, 0.5) is 17.6 Å². The van der Waals surface area contributed by atoms with Crippen molar-refractivity contribution in [2.75, 3.05) is 0 Å². The second-order valence-electron chi connectivity index (χ2n) is 2.27. The molecule has 0 spiro atoms. The minimum atomic E-state index is -2.25. The van der Waals surface area contributed by atoms with E-state index in [2.05, 4.69) is 0 Å². The van der Waals surface area contributed by atoms with Crippen LogP contribution in [0.5, 0.6) is 5.75 Å². The van der Waals surface area contributed by atoms with Crippen LogP contribution in [0, 0.1) is 23.3 Å². The van der Waals surface area contributed by atoms with E-state index < -0.39 is 40.6 Å². The molecule has 0 fully saturated rings. The fourth-order valence-corrected chi connectivity index (χ4v) is 0.799. The molecule has 0 radical (unpaired) electrons. The summed E-state index contributed by atoms with van der Waals surface area (Å²) in [4.78, 5) is 10.1. The average molecular weight is 209 g/mol. The van der Waals surface area contributed by atoms with Gasteiger partial charge in [0.1, 0.15) is 5.56 Å². The molecule has 0 bridgehead atoms. The number of carboxylic acid groups (broad SMARTS) is 1. The van der Waals surface area contributed by atoms with Gasteiger partial charge in [0.25, 0.3) is 0 Å². The molecule has 0 amide bonds. The number of carboxylic acids is 1. The molecule has 0 aliphatic heterocycles. The van der Waals surface area contributed by atoms with E-state index in [0.29, 0.717) is 0 Å². The van der Waals surface area contributed by atoms with Gasteiger partial charge in [-0.15, -0.1) is 0 Å². The average Bonchev–Trinajstić information content (AvgIpc) is 2.11. The lowest BCUT2D eigenvalue weighted by Gasteiger charge is -2.11. The first kappa shape index (κ1) is 10.3. The topological polar surface area (TPSA) is 60.4 Å². The summed E-state index contributed by atoms with van der Waals surface area (Å²) in [5.41, 5.74) is -1.82. The predicted octanol–water partition coefficient (Wildman–Crippen LogP) is 1.01. The molecule has 0 heterocycles. The molecule has 76 valence electrons. The molecule has 1 rings (SSSR count). The Hall–Kier alpha value is -1.79. The van der Waals surface area contributed by atoms with Gasteiger partial charge in [0.2, 0.25) is 0 Å². The third kappa shape index (κ3) is 1.26. The lowest BCUT2D eigenvalue weighted by molar-refractivity contribution is -0.277. The SMILES string of the molecule is O=C(O)c1c(F)c(F)c([O-])c(F)c1F. The number of carbonyl (C=O) groups is 1. The van der Waals surface area contributed by atoms with Gasteiger partial charge < -0.3 is 10.2 Å². The molecule has 1 aromatic carbocycles. The summed E-state index contributed by atoms with van der Waals surface area (Å²) in [5.74, 6) is -13.2. The third-order valence-electron chi connectivity index (χ3n) is 1.44. The molecule has 0 unspecified atom stereocenters. The quantitative estimate of drug-likeness (QED) is 0.554. The molecular formula is C7HF4O3-. The number of halogens is 4. The fourth-order valence-electron chi connectivity index (χ4n) is 0.799. The van der Waals surface area contributed by atoms with Crippen LogP contribution in [-0.4, -0.2) is 11.1 Å². The molecule has 0 atom stereocenters. The molecule has 14 heavy (non-hydrogen) atoms. The van der Waals surface area contributed by atoms with Crippen molar-refractivity contribution in [3.05, 3.63) is 28.8 Å². The number of rotatable bonds is 1. The number of benzene rings is 1. The predicted molar refractivity (Wildman–Crippen MR) is 32.7 cm³/mol. The summed E-state index contributed by atoms with van der Waals surface area (Å²) in [6.45, 7) is 0. The Morgan fingerprint density at radius 3 is 1.64 bits per heavy atom. The standard InChI is InChI=1S/C7H2F4O3/c8-2-1(7(13)14)3(9)5(11)6(12)4(2)10/h12H,(H,13,14)/p-1. The van der Waals surface area contributed by atoms with Gasteiger partial charge in [-0.2, -0.15) is 0 Å². The van der Waals surface area contributed by atoms with Gasteiger partial charge >= 0.3 is 5.97 Å².